The van der Waals surface area contributed by atoms with Crippen LogP contribution in [0.3, 0.4) is 0 Å². The minimum Gasteiger partial charge on any atom is -0.442 e. The number of carbonyl (C=O) groups is 1. The molecule has 1 amide bonds. The zero-order chi connectivity index (χ0) is 18.2. The third-order valence-electron chi connectivity index (χ3n) is 3.16. The molecule has 0 heterocycles. The molecule has 1 atom stereocenters. The zero-order valence-corrected chi connectivity index (χ0v) is 14.9. The lowest BCUT2D eigenvalue weighted by atomic mass is 10.2. The van der Waals surface area contributed by atoms with E-state index in [1.165, 1.54) is 11.1 Å². The first kappa shape index (κ1) is 19.5. The summed E-state index contributed by atoms with van der Waals surface area (Å²) in [6, 6.07) is 9.24. The predicted octanol–water partition coefficient (Wildman–Crippen LogP) is 4.00. The second-order valence-electron chi connectivity index (χ2n) is 6.44. The van der Waals surface area contributed by atoms with Gasteiger partial charge in [0, 0.05) is 6.08 Å². The van der Waals surface area contributed by atoms with Crippen molar-refractivity contribution in [1.82, 2.24) is 5.01 Å². The molecular formula is C19H26N2O3. The minimum atomic E-state index is -0.619. The van der Waals surface area contributed by atoms with E-state index in [9.17, 15) is 9.59 Å². The van der Waals surface area contributed by atoms with E-state index in [0.29, 0.717) is 13.0 Å². The van der Waals surface area contributed by atoms with Crippen LogP contribution in [0.4, 0.5) is 10.5 Å². The maximum absolute atomic E-state index is 12.8. The van der Waals surface area contributed by atoms with Gasteiger partial charge in [0.15, 0.2) is 0 Å². The van der Waals surface area contributed by atoms with Crippen molar-refractivity contribution in [2.24, 2.45) is 0 Å². The standard InChI is InChI=1S/C19H26N2O3/c1-6-14-20(17-12-8-7-9-13-17)21(16(2)11-10-15-22)18(23)24-19(3,4)5/h6-10,12-13,16H,1,11,14H2,2-5H3. The molecule has 1 unspecified atom stereocenters. The molecule has 0 aliphatic heterocycles. The summed E-state index contributed by atoms with van der Waals surface area (Å²) in [7, 11) is 0. The SMILES string of the molecule is C=CCN(c1ccccc1)N(C(=O)OC(C)(C)C)C(C)CC=C=O. The monoisotopic (exact) mass is 330 g/mol. The molecule has 0 spiro atoms. The number of amides is 1. The molecule has 0 aliphatic rings. The number of nitrogens with zero attached hydrogens (tertiary/aromatic N) is 2. The number of carbonyl (C=O) groups excluding carboxylic acids is 2. The third kappa shape index (κ3) is 5.94. The normalized spacial score (nSPS) is 11.8. The third-order valence-corrected chi connectivity index (χ3v) is 3.16. The van der Waals surface area contributed by atoms with Crippen LogP contribution in [-0.4, -0.2) is 35.2 Å². The van der Waals surface area contributed by atoms with E-state index in [1.54, 1.807) is 17.0 Å². The Morgan fingerprint density at radius 3 is 2.46 bits per heavy atom. The molecule has 0 aliphatic carbocycles. The van der Waals surface area contributed by atoms with Gasteiger partial charge in [-0.3, -0.25) is 5.01 Å². The molecule has 0 radical (unpaired) electrons. The highest BCUT2D eigenvalue weighted by molar-refractivity contribution is 5.71. The highest BCUT2D eigenvalue weighted by Crippen LogP contribution is 2.22. The van der Waals surface area contributed by atoms with Crippen molar-refractivity contribution in [2.45, 2.75) is 45.8 Å². The van der Waals surface area contributed by atoms with Crippen LogP contribution in [0.15, 0.2) is 49.1 Å². The zero-order valence-electron chi connectivity index (χ0n) is 14.9. The van der Waals surface area contributed by atoms with Gasteiger partial charge in [-0.05, 0) is 46.2 Å². The molecule has 24 heavy (non-hydrogen) atoms. The number of para-hydroxylation sites is 1. The minimum absolute atomic E-state index is 0.276. The number of anilines is 1. The Morgan fingerprint density at radius 2 is 1.96 bits per heavy atom. The van der Waals surface area contributed by atoms with Crippen molar-refractivity contribution in [3.63, 3.8) is 0 Å². The van der Waals surface area contributed by atoms with Crippen LogP contribution in [0.2, 0.25) is 0 Å². The molecular weight excluding hydrogens is 304 g/mol. The van der Waals surface area contributed by atoms with Gasteiger partial charge in [0.2, 0.25) is 0 Å². The van der Waals surface area contributed by atoms with Crippen LogP contribution in [0.25, 0.3) is 0 Å². The van der Waals surface area contributed by atoms with Crippen molar-refractivity contribution in [3.8, 4) is 0 Å². The summed E-state index contributed by atoms with van der Waals surface area (Å²) in [5.74, 6) is 1.76. The summed E-state index contributed by atoms with van der Waals surface area (Å²) < 4.78 is 5.55. The Hall–Kier alpha value is -2.52. The van der Waals surface area contributed by atoms with Crippen LogP contribution in [0.1, 0.15) is 34.1 Å². The van der Waals surface area contributed by atoms with E-state index < -0.39 is 11.7 Å². The van der Waals surface area contributed by atoms with Crippen molar-refractivity contribution in [3.05, 3.63) is 49.1 Å². The van der Waals surface area contributed by atoms with E-state index in [0.717, 1.165) is 5.69 Å². The molecule has 1 aromatic rings. The molecule has 1 rings (SSSR count). The summed E-state index contributed by atoms with van der Waals surface area (Å²) in [5, 5.41) is 3.32. The molecule has 0 N–H and O–H groups in total. The second-order valence-corrected chi connectivity index (χ2v) is 6.44. The molecule has 1 aromatic carbocycles. The Bertz CT molecular complexity index is 586. The van der Waals surface area contributed by atoms with Gasteiger partial charge in [-0.1, -0.05) is 24.3 Å². The van der Waals surface area contributed by atoms with Gasteiger partial charge in [0.1, 0.15) is 11.5 Å². The van der Waals surface area contributed by atoms with Crippen molar-refractivity contribution >= 4 is 17.7 Å². The first-order valence-corrected chi connectivity index (χ1v) is 7.95. The largest absolute Gasteiger partial charge is 0.442 e. The van der Waals surface area contributed by atoms with Gasteiger partial charge >= 0.3 is 6.09 Å². The lowest BCUT2D eigenvalue weighted by molar-refractivity contribution is 0.0154. The van der Waals surface area contributed by atoms with Gasteiger partial charge in [-0.25, -0.2) is 14.6 Å². The van der Waals surface area contributed by atoms with E-state index >= 15 is 0 Å². The van der Waals surface area contributed by atoms with Crippen molar-refractivity contribution in [2.75, 3.05) is 11.6 Å². The Morgan fingerprint density at radius 1 is 1.33 bits per heavy atom. The number of benzene rings is 1. The van der Waals surface area contributed by atoms with Crippen LogP contribution in [0.5, 0.6) is 0 Å². The Labute approximate surface area is 144 Å². The average molecular weight is 330 g/mol. The Balaban J connectivity index is 3.22. The molecule has 130 valence electrons. The highest BCUT2D eigenvalue weighted by atomic mass is 16.6. The lowest BCUT2D eigenvalue weighted by Gasteiger charge is -2.40. The topological polar surface area (TPSA) is 49.9 Å². The van der Waals surface area contributed by atoms with Gasteiger partial charge in [-0.15, -0.1) is 6.58 Å². The quantitative estimate of drug-likeness (QED) is 0.431. The average Bonchev–Trinajstić information content (AvgIpc) is 2.51. The maximum Gasteiger partial charge on any atom is 0.429 e. The molecule has 0 saturated carbocycles. The summed E-state index contributed by atoms with van der Waals surface area (Å²) in [4.78, 5) is 23.3. The van der Waals surface area contributed by atoms with Crippen LogP contribution < -0.4 is 5.01 Å². The summed E-state index contributed by atoms with van der Waals surface area (Å²) in [6.45, 7) is 11.5. The van der Waals surface area contributed by atoms with E-state index in [-0.39, 0.29) is 6.04 Å². The van der Waals surface area contributed by atoms with E-state index in [2.05, 4.69) is 6.58 Å². The van der Waals surface area contributed by atoms with Gasteiger partial charge in [-0.2, -0.15) is 0 Å². The van der Waals surface area contributed by atoms with E-state index in [4.69, 9.17) is 4.74 Å². The first-order chi connectivity index (χ1) is 11.3. The molecule has 0 bridgehead atoms. The molecule has 0 aromatic heterocycles. The van der Waals surface area contributed by atoms with Crippen LogP contribution in [-0.2, 0) is 9.53 Å². The first-order valence-electron chi connectivity index (χ1n) is 7.95. The van der Waals surface area contributed by atoms with Gasteiger partial charge in [0.05, 0.1) is 18.3 Å². The molecule has 0 saturated heterocycles. The van der Waals surface area contributed by atoms with Gasteiger partial charge in [0.25, 0.3) is 0 Å². The molecule has 0 fully saturated rings. The van der Waals surface area contributed by atoms with Crippen LogP contribution in [0, 0.1) is 0 Å². The summed E-state index contributed by atoms with van der Waals surface area (Å²) in [6.07, 6.45) is 3.00. The fourth-order valence-electron chi connectivity index (χ4n) is 2.18. The summed E-state index contributed by atoms with van der Waals surface area (Å²) in [5.41, 5.74) is 0.219. The maximum atomic E-state index is 12.8. The van der Waals surface area contributed by atoms with Gasteiger partial charge < -0.3 is 4.74 Å². The Kier molecular flexibility index (Phi) is 7.28. The number of ether oxygens (including phenoxy) is 1. The number of hydrogen-bond donors (Lipinski definition) is 0. The fraction of sp³-hybridized carbons (Fsp3) is 0.421. The summed E-state index contributed by atoms with van der Waals surface area (Å²) >= 11 is 0. The smallest absolute Gasteiger partial charge is 0.429 e. The van der Waals surface area contributed by atoms with E-state index in [1.807, 2.05) is 58.0 Å². The number of hydrazine groups is 1. The molecule has 5 nitrogen and oxygen atoms in total. The van der Waals surface area contributed by atoms with Crippen molar-refractivity contribution in [1.29, 1.82) is 0 Å². The number of rotatable bonds is 7. The highest BCUT2D eigenvalue weighted by Gasteiger charge is 2.30. The number of hydrogen-bond acceptors (Lipinski definition) is 4. The second kappa shape index (κ2) is 8.94. The van der Waals surface area contributed by atoms with Crippen molar-refractivity contribution < 1.29 is 14.3 Å². The molecule has 5 heteroatoms. The fourth-order valence-corrected chi connectivity index (χ4v) is 2.18. The predicted molar refractivity (Wildman–Crippen MR) is 96.4 cm³/mol. The van der Waals surface area contributed by atoms with Crippen LogP contribution >= 0.6 is 0 Å². The lowest BCUT2D eigenvalue weighted by Crippen LogP contribution is -2.53.